The number of likely N-dealkylation sites (N-methyl/N-ethyl adjacent to an activating group) is 1. The number of hydrogen-bond donors (Lipinski definition) is 2. The molecule has 1 rings (SSSR count). The zero-order valence-corrected chi connectivity index (χ0v) is 14.0. The van der Waals surface area contributed by atoms with E-state index in [2.05, 4.69) is 26.0 Å². The molecule has 1 aromatic rings. The molecule has 0 aliphatic heterocycles. The van der Waals surface area contributed by atoms with Gasteiger partial charge < -0.3 is 10.1 Å². The maximum atomic E-state index is 12.2. The highest BCUT2D eigenvalue weighted by Crippen LogP contribution is 2.33. The summed E-state index contributed by atoms with van der Waals surface area (Å²) in [6.07, 6.45) is 0. The maximum Gasteiger partial charge on any atom is 0.241 e. The van der Waals surface area contributed by atoms with Crippen LogP contribution in [0.3, 0.4) is 0 Å². The van der Waals surface area contributed by atoms with E-state index in [1.807, 2.05) is 6.92 Å². The molecule has 0 heterocycles. The molecular formula is C11H16BrClN2O3S. The Kier molecular flexibility index (Phi) is 6.07. The van der Waals surface area contributed by atoms with Gasteiger partial charge in [-0.15, -0.1) is 0 Å². The quantitative estimate of drug-likeness (QED) is 0.802. The van der Waals surface area contributed by atoms with Crippen LogP contribution in [0.25, 0.3) is 0 Å². The van der Waals surface area contributed by atoms with Crippen LogP contribution in [0.2, 0.25) is 5.02 Å². The Labute approximate surface area is 126 Å². The highest BCUT2D eigenvalue weighted by atomic mass is 79.9. The average Bonchev–Trinajstić information content (AvgIpc) is 2.38. The second-order valence-corrected chi connectivity index (χ2v) is 6.96. The van der Waals surface area contributed by atoms with Gasteiger partial charge in [-0.25, -0.2) is 13.1 Å². The first-order chi connectivity index (χ1) is 8.81. The summed E-state index contributed by atoms with van der Waals surface area (Å²) in [7, 11) is -0.390. The molecule has 0 aliphatic carbocycles. The molecule has 0 aliphatic rings. The molecule has 1 unspecified atom stereocenters. The van der Waals surface area contributed by atoms with Crippen molar-refractivity contribution in [3.05, 3.63) is 21.6 Å². The van der Waals surface area contributed by atoms with Gasteiger partial charge in [0.2, 0.25) is 10.0 Å². The molecule has 0 saturated heterocycles. The molecule has 0 bridgehead atoms. The van der Waals surface area contributed by atoms with Crippen molar-refractivity contribution in [3.8, 4) is 5.75 Å². The summed E-state index contributed by atoms with van der Waals surface area (Å²) in [5.74, 6) is 0.413. The first-order valence-electron chi connectivity index (χ1n) is 5.51. The summed E-state index contributed by atoms with van der Waals surface area (Å²) < 4.78 is 32.2. The predicted octanol–water partition coefficient (Wildman–Crippen LogP) is 2.00. The van der Waals surface area contributed by atoms with Crippen molar-refractivity contribution < 1.29 is 13.2 Å². The highest BCUT2D eigenvalue weighted by molar-refractivity contribution is 9.10. The second-order valence-electron chi connectivity index (χ2n) is 3.96. The minimum atomic E-state index is -3.62. The van der Waals surface area contributed by atoms with Gasteiger partial charge in [0, 0.05) is 17.1 Å². The van der Waals surface area contributed by atoms with Gasteiger partial charge in [-0.1, -0.05) is 11.6 Å². The van der Waals surface area contributed by atoms with E-state index in [0.29, 0.717) is 10.2 Å². The van der Waals surface area contributed by atoms with Crippen molar-refractivity contribution in [2.75, 3.05) is 20.7 Å². The van der Waals surface area contributed by atoms with Gasteiger partial charge in [0.1, 0.15) is 5.75 Å². The zero-order chi connectivity index (χ0) is 14.6. The molecule has 8 heteroatoms. The molecule has 2 N–H and O–H groups in total. The average molecular weight is 372 g/mol. The van der Waals surface area contributed by atoms with Crippen LogP contribution in [0.4, 0.5) is 0 Å². The Morgan fingerprint density at radius 2 is 2.11 bits per heavy atom. The summed E-state index contributed by atoms with van der Waals surface area (Å²) in [5.41, 5.74) is 0. The molecule has 1 atom stereocenters. The van der Waals surface area contributed by atoms with Crippen molar-refractivity contribution in [3.63, 3.8) is 0 Å². The molecule has 0 amide bonds. The summed E-state index contributed by atoms with van der Waals surface area (Å²) in [6.45, 7) is 2.16. The molecule has 19 heavy (non-hydrogen) atoms. The third kappa shape index (κ3) is 4.32. The Balaban J connectivity index is 3.05. The van der Waals surface area contributed by atoms with Crippen molar-refractivity contribution in [2.24, 2.45) is 0 Å². The zero-order valence-electron chi connectivity index (χ0n) is 10.8. The van der Waals surface area contributed by atoms with Crippen LogP contribution >= 0.6 is 27.5 Å². The Hall–Kier alpha value is -0.340. The van der Waals surface area contributed by atoms with Crippen molar-refractivity contribution in [1.29, 1.82) is 0 Å². The topological polar surface area (TPSA) is 67.4 Å². The van der Waals surface area contributed by atoms with Gasteiger partial charge in [0.25, 0.3) is 0 Å². The summed E-state index contributed by atoms with van der Waals surface area (Å²) in [5, 5.41) is 3.19. The number of methoxy groups -OCH3 is 1. The number of benzene rings is 1. The van der Waals surface area contributed by atoms with Crippen molar-refractivity contribution in [2.45, 2.75) is 17.9 Å². The van der Waals surface area contributed by atoms with E-state index >= 15 is 0 Å². The lowest BCUT2D eigenvalue weighted by Crippen LogP contribution is -2.37. The van der Waals surface area contributed by atoms with Gasteiger partial charge >= 0.3 is 0 Å². The number of rotatable bonds is 6. The number of sulfonamides is 1. The Morgan fingerprint density at radius 3 is 2.63 bits per heavy atom. The standard InChI is InChI=1S/C11H16BrClN2O3S/c1-7(14-2)6-15-19(16,17)11-5-9(13)10(18-3)4-8(11)12/h4-5,7,14-15H,6H2,1-3H3. The lowest BCUT2D eigenvalue weighted by Gasteiger charge is -2.14. The summed E-state index contributed by atoms with van der Waals surface area (Å²) in [6, 6.07) is 2.91. The van der Waals surface area contributed by atoms with E-state index < -0.39 is 10.0 Å². The van der Waals surface area contributed by atoms with Gasteiger partial charge in [0.05, 0.1) is 17.0 Å². The number of halogens is 2. The van der Waals surface area contributed by atoms with E-state index in [1.54, 1.807) is 7.05 Å². The Morgan fingerprint density at radius 1 is 1.47 bits per heavy atom. The lowest BCUT2D eigenvalue weighted by molar-refractivity contribution is 0.414. The largest absolute Gasteiger partial charge is 0.495 e. The normalized spacial score (nSPS) is 13.3. The first-order valence-corrected chi connectivity index (χ1v) is 8.17. The molecule has 108 valence electrons. The number of hydrogen-bond acceptors (Lipinski definition) is 4. The molecule has 0 aromatic heterocycles. The van der Waals surface area contributed by atoms with E-state index in [0.717, 1.165) is 0 Å². The smallest absolute Gasteiger partial charge is 0.241 e. The summed E-state index contributed by atoms with van der Waals surface area (Å²) >= 11 is 9.16. The second kappa shape index (κ2) is 6.90. The lowest BCUT2D eigenvalue weighted by atomic mass is 10.3. The highest BCUT2D eigenvalue weighted by Gasteiger charge is 2.20. The molecule has 0 radical (unpaired) electrons. The van der Waals surface area contributed by atoms with Gasteiger partial charge in [0.15, 0.2) is 0 Å². The fourth-order valence-corrected chi connectivity index (χ4v) is 3.77. The minimum Gasteiger partial charge on any atom is -0.495 e. The fourth-order valence-electron chi connectivity index (χ4n) is 1.29. The molecule has 5 nitrogen and oxygen atoms in total. The van der Waals surface area contributed by atoms with Crippen LogP contribution in [0.5, 0.6) is 5.75 Å². The molecule has 0 spiro atoms. The van der Waals surface area contributed by atoms with E-state index in [-0.39, 0.29) is 22.5 Å². The summed E-state index contributed by atoms with van der Waals surface area (Å²) in [4.78, 5) is 0.0848. The van der Waals surface area contributed by atoms with Crippen molar-refractivity contribution in [1.82, 2.24) is 10.0 Å². The third-order valence-corrected chi connectivity index (χ3v) is 5.25. The molecular weight excluding hydrogens is 356 g/mol. The van der Waals surface area contributed by atoms with Crippen LogP contribution in [-0.4, -0.2) is 35.2 Å². The van der Waals surface area contributed by atoms with Crippen LogP contribution in [0, 0.1) is 0 Å². The molecule has 0 fully saturated rings. The van der Waals surface area contributed by atoms with E-state index in [1.165, 1.54) is 19.2 Å². The molecule has 1 aromatic carbocycles. The van der Waals surface area contributed by atoms with Crippen LogP contribution in [-0.2, 0) is 10.0 Å². The van der Waals surface area contributed by atoms with E-state index in [9.17, 15) is 8.42 Å². The third-order valence-electron chi connectivity index (χ3n) is 2.57. The van der Waals surface area contributed by atoms with Crippen LogP contribution in [0.15, 0.2) is 21.5 Å². The molecule has 0 saturated carbocycles. The maximum absolute atomic E-state index is 12.2. The predicted molar refractivity (Wildman–Crippen MR) is 79.4 cm³/mol. The van der Waals surface area contributed by atoms with Crippen molar-refractivity contribution >= 4 is 37.6 Å². The van der Waals surface area contributed by atoms with Gasteiger partial charge in [-0.05, 0) is 42.0 Å². The van der Waals surface area contributed by atoms with Crippen LogP contribution in [0.1, 0.15) is 6.92 Å². The Bertz CT molecular complexity index is 551. The van der Waals surface area contributed by atoms with E-state index in [4.69, 9.17) is 16.3 Å². The van der Waals surface area contributed by atoms with Crippen LogP contribution < -0.4 is 14.8 Å². The number of nitrogens with one attached hydrogen (secondary N) is 2. The first kappa shape index (κ1) is 16.7. The number of ether oxygens (including phenoxy) is 1. The fraction of sp³-hybridized carbons (Fsp3) is 0.455. The monoisotopic (exact) mass is 370 g/mol. The minimum absolute atomic E-state index is 0.0299. The van der Waals surface area contributed by atoms with Gasteiger partial charge in [-0.2, -0.15) is 0 Å². The van der Waals surface area contributed by atoms with Gasteiger partial charge in [-0.3, -0.25) is 0 Å². The SMILES string of the molecule is CNC(C)CNS(=O)(=O)c1cc(Cl)c(OC)cc1Br.